The number of hydrogen-bond acceptors (Lipinski definition) is 3. The topological polar surface area (TPSA) is 38.7 Å². The molecule has 0 radical (unpaired) electrons. The van der Waals surface area contributed by atoms with Crippen LogP contribution in [0, 0.1) is 5.92 Å². The molecule has 21 heavy (non-hydrogen) atoms. The Labute approximate surface area is 121 Å². The van der Waals surface area contributed by atoms with Crippen LogP contribution in [0.3, 0.4) is 0 Å². The molecule has 1 N–H and O–H groups in total. The Kier molecular flexibility index (Phi) is 4.37. The molecule has 0 spiro atoms. The van der Waals surface area contributed by atoms with Gasteiger partial charge in [0, 0.05) is 6.07 Å². The van der Waals surface area contributed by atoms with Crippen LogP contribution in [-0.2, 0) is 5.60 Å². The lowest BCUT2D eigenvalue weighted by Crippen LogP contribution is -2.38. The van der Waals surface area contributed by atoms with Crippen LogP contribution in [0.1, 0.15) is 31.2 Å². The first-order valence-corrected chi connectivity index (χ1v) is 6.81. The molecular formula is C15H19F3O3. The van der Waals surface area contributed by atoms with Gasteiger partial charge in [0.2, 0.25) is 0 Å². The lowest BCUT2D eigenvalue weighted by Gasteiger charge is -2.38. The van der Waals surface area contributed by atoms with E-state index in [0.29, 0.717) is 29.9 Å². The van der Waals surface area contributed by atoms with Crippen molar-refractivity contribution in [3.63, 3.8) is 0 Å². The molecule has 3 nitrogen and oxygen atoms in total. The minimum atomic E-state index is -4.28. The average molecular weight is 304 g/mol. The van der Waals surface area contributed by atoms with Crippen LogP contribution in [0.15, 0.2) is 18.2 Å². The number of ether oxygens (including phenoxy) is 2. The highest BCUT2D eigenvalue weighted by molar-refractivity contribution is 5.41. The summed E-state index contributed by atoms with van der Waals surface area (Å²) in [6.45, 7) is 0. The summed E-state index contributed by atoms with van der Waals surface area (Å²) in [6.07, 6.45) is -3.91. The molecule has 1 aliphatic rings. The third-order valence-corrected chi connectivity index (χ3v) is 4.08. The average Bonchev–Trinajstić information content (AvgIpc) is 2.45. The van der Waals surface area contributed by atoms with E-state index in [4.69, 9.17) is 9.47 Å². The predicted octanol–water partition coefficient (Wildman–Crippen LogP) is 3.64. The molecule has 0 aliphatic heterocycles. The quantitative estimate of drug-likeness (QED) is 0.926. The van der Waals surface area contributed by atoms with E-state index >= 15 is 0 Å². The van der Waals surface area contributed by atoms with Crippen molar-refractivity contribution in [2.24, 2.45) is 5.92 Å². The number of rotatable bonds is 3. The van der Waals surface area contributed by atoms with Gasteiger partial charge in [-0.2, -0.15) is 13.2 Å². The second-order valence-corrected chi connectivity index (χ2v) is 5.47. The van der Waals surface area contributed by atoms with Gasteiger partial charge in [-0.05, 0) is 43.4 Å². The van der Waals surface area contributed by atoms with E-state index in [0.717, 1.165) is 0 Å². The Morgan fingerprint density at radius 3 is 2.19 bits per heavy atom. The number of aliphatic hydroxyl groups is 1. The number of halogens is 3. The molecule has 118 valence electrons. The highest BCUT2D eigenvalue weighted by atomic mass is 19.4. The minimum Gasteiger partial charge on any atom is -0.497 e. The predicted molar refractivity (Wildman–Crippen MR) is 71.5 cm³/mol. The lowest BCUT2D eigenvalue weighted by atomic mass is 9.74. The molecule has 1 saturated carbocycles. The highest BCUT2D eigenvalue weighted by Gasteiger charge is 2.47. The zero-order valence-corrected chi connectivity index (χ0v) is 12.0. The van der Waals surface area contributed by atoms with Crippen LogP contribution in [0.2, 0.25) is 0 Å². The molecule has 0 amide bonds. The van der Waals surface area contributed by atoms with Gasteiger partial charge in [0.25, 0.3) is 0 Å². The molecular weight excluding hydrogens is 285 g/mol. The van der Waals surface area contributed by atoms with Gasteiger partial charge in [-0.3, -0.25) is 0 Å². The van der Waals surface area contributed by atoms with Crippen LogP contribution in [0.25, 0.3) is 0 Å². The Bertz CT molecular complexity index is 479. The first-order valence-electron chi connectivity index (χ1n) is 6.81. The first kappa shape index (κ1) is 15.9. The van der Waals surface area contributed by atoms with E-state index in [9.17, 15) is 18.3 Å². The van der Waals surface area contributed by atoms with Gasteiger partial charge in [-0.25, -0.2) is 0 Å². The SMILES string of the molecule is COc1cc(OC)cc(C2(O)CCCC(C(F)(F)F)C2)c1. The number of alkyl halides is 3. The van der Waals surface area contributed by atoms with E-state index in [1.165, 1.54) is 14.2 Å². The molecule has 0 saturated heterocycles. The maximum Gasteiger partial charge on any atom is 0.391 e. The Morgan fingerprint density at radius 1 is 1.14 bits per heavy atom. The summed E-state index contributed by atoms with van der Waals surface area (Å²) in [5.41, 5.74) is -1.09. The molecule has 0 heterocycles. The monoisotopic (exact) mass is 304 g/mol. The van der Waals surface area contributed by atoms with Crippen LogP contribution in [0.4, 0.5) is 13.2 Å². The molecule has 1 aromatic carbocycles. The molecule has 2 atom stereocenters. The van der Waals surface area contributed by atoms with E-state index in [-0.39, 0.29) is 12.8 Å². The summed E-state index contributed by atoms with van der Waals surface area (Å²) in [5.74, 6) is -0.577. The van der Waals surface area contributed by atoms with Gasteiger partial charge in [-0.15, -0.1) is 0 Å². The van der Waals surface area contributed by atoms with Crippen LogP contribution < -0.4 is 9.47 Å². The van der Waals surface area contributed by atoms with Crippen molar-refractivity contribution >= 4 is 0 Å². The van der Waals surface area contributed by atoms with Crippen molar-refractivity contribution < 1.29 is 27.8 Å². The fraction of sp³-hybridized carbons (Fsp3) is 0.600. The third kappa shape index (κ3) is 3.43. The summed E-state index contributed by atoms with van der Waals surface area (Å²) in [4.78, 5) is 0. The van der Waals surface area contributed by atoms with E-state index in [2.05, 4.69) is 0 Å². The normalized spacial score (nSPS) is 26.5. The van der Waals surface area contributed by atoms with Crippen molar-refractivity contribution in [1.82, 2.24) is 0 Å². The molecule has 1 fully saturated rings. The molecule has 1 aliphatic carbocycles. The first-order chi connectivity index (χ1) is 9.78. The number of hydrogen-bond donors (Lipinski definition) is 1. The summed E-state index contributed by atoms with van der Waals surface area (Å²) < 4.78 is 49.0. The highest BCUT2D eigenvalue weighted by Crippen LogP contribution is 2.47. The maximum atomic E-state index is 12.9. The van der Waals surface area contributed by atoms with Crippen LogP contribution in [-0.4, -0.2) is 25.5 Å². The zero-order chi connectivity index (χ0) is 15.7. The van der Waals surface area contributed by atoms with Crippen molar-refractivity contribution in [1.29, 1.82) is 0 Å². The third-order valence-electron chi connectivity index (χ3n) is 4.08. The van der Waals surface area contributed by atoms with E-state index in [1.54, 1.807) is 18.2 Å². The van der Waals surface area contributed by atoms with Crippen molar-refractivity contribution in [3.05, 3.63) is 23.8 Å². The molecule has 1 aromatic rings. The van der Waals surface area contributed by atoms with Gasteiger partial charge in [0.05, 0.1) is 25.7 Å². The van der Waals surface area contributed by atoms with Crippen LogP contribution >= 0.6 is 0 Å². The second-order valence-electron chi connectivity index (χ2n) is 5.47. The maximum absolute atomic E-state index is 12.9. The molecule has 0 bridgehead atoms. The molecule has 2 rings (SSSR count). The van der Waals surface area contributed by atoms with Gasteiger partial charge in [-0.1, -0.05) is 0 Å². The zero-order valence-electron chi connectivity index (χ0n) is 12.0. The van der Waals surface area contributed by atoms with Gasteiger partial charge >= 0.3 is 6.18 Å². The van der Waals surface area contributed by atoms with Crippen molar-refractivity contribution in [2.75, 3.05) is 14.2 Å². The van der Waals surface area contributed by atoms with E-state index < -0.39 is 17.7 Å². The summed E-state index contributed by atoms with van der Waals surface area (Å²) in [7, 11) is 2.92. The smallest absolute Gasteiger partial charge is 0.391 e. The Morgan fingerprint density at radius 2 is 1.71 bits per heavy atom. The Balaban J connectivity index is 2.34. The number of benzene rings is 1. The number of methoxy groups -OCH3 is 2. The van der Waals surface area contributed by atoms with Gasteiger partial charge in [0.1, 0.15) is 11.5 Å². The lowest BCUT2D eigenvalue weighted by molar-refractivity contribution is -0.201. The minimum absolute atomic E-state index is 0.0624. The fourth-order valence-electron chi connectivity index (χ4n) is 2.87. The molecule has 0 aromatic heterocycles. The second kappa shape index (κ2) is 5.75. The van der Waals surface area contributed by atoms with Crippen LogP contribution in [0.5, 0.6) is 11.5 Å². The largest absolute Gasteiger partial charge is 0.497 e. The summed E-state index contributed by atoms with van der Waals surface area (Å²) in [6, 6.07) is 4.76. The molecule has 2 unspecified atom stereocenters. The standard InChI is InChI=1S/C15H19F3O3/c1-20-12-6-11(7-13(8-12)21-2)14(19)5-3-4-10(9-14)15(16,17)18/h6-8,10,19H,3-5,9H2,1-2H3. The summed E-state index contributed by atoms with van der Waals surface area (Å²) >= 11 is 0. The molecule has 6 heteroatoms. The summed E-state index contributed by atoms with van der Waals surface area (Å²) in [5, 5.41) is 10.7. The van der Waals surface area contributed by atoms with Crippen molar-refractivity contribution in [3.8, 4) is 11.5 Å². The Hall–Kier alpha value is -1.43. The van der Waals surface area contributed by atoms with Gasteiger partial charge in [0.15, 0.2) is 0 Å². The van der Waals surface area contributed by atoms with E-state index in [1.807, 2.05) is 0 Å². The fourth-order valence-corrected chi connectivity index (χ4v) is 2.87. The van der Waals surface area contributed by atoms with Crippen molar-refractivity contribution in [2.45, 2.75) is 37.5 Å². The van der Waals surface area contributed by atoms with Gasteiger partial charge < -0.3 is 14.6 Å².